The summed E-state index contributed by atoms with van der Waals surface area (Å²) in [6, 6.07) is 36.0. The number of alkyl halides is 3. The topological polar surface area (TPSA) is 88.6 Å². The van der Waals surface area contributed by atoms with E-state index in [1.807, 2.05) is 85.6 Å². The largest absolute Gasteiger partial charge is 0.417 e. The number of pyridine rings is 1. The van der Waals surface area contributed by atoms with Crippen LogP contribution in [0.5, 0.6) is 0 Å². The van der Waals surface area contributed by atoms with Crippen LogP contribution < -0.4 is 14.9 Å². The van der Waals surface area contributed by atoms with E-state index in [0.29, 0.717) is 17.1 Å². The number of benzene rings is 3. The van der Waals surface area contributed by atoms with Crippen LogP contribution in [0.4, 0.5) is 13.2 Å². The zero-order chi connectivity index (χ0) is 33.4. The van der Waals surface area contributed by atoms with Gasteiger partial charge in [-0.05, 0) is 67.3 Å². The zero-order valence-corrected chi connectivity index (χ0v) is 28.8. The molecule has 0 aliphatic heterocycles. The molecule has 247 valence electrons. The van der Waals surface area contributed by atoms with Gasteiger partial charge in [0.25, 0.3) is 0 Å². The number of aromatic nitrogens is 8. The van der Waals surface area contributed by atoms with Crippen LogP contribution in [0.25, 0.3) is 34.3 Å². The number of halogens is 3. The molecule has 0 unspecified atom stereocenters. The first-order valence-corrected chi connectivity index (χ1v) is 14.6. The fourth-order valence-corrected chi connectivity index (χ4v) is 4.55. The molecule has 0 amide bonds. The van der Waals surface area contributed by atoms with Crippen molar-refractivity contribution in [2.75, 3.05) is 0 Å². The molecule has 48 heavy (non-hydrogen) atoms. The van der Waals surface area contributed by atoms with E-state index in [0.717, 1.165) is 46.3 Å². The molecule has 0 aliphatic carbocycles. The van der Waals surface area contributed by atoms with Crippen molar-refractivity contribution in [2.45, 2.75) is 33.9 Å². The van der Waals surface area contributed by atoms with Gasteiger partial charge in [-0.15, -0.1) is 23.9 Å². The summed E-state index contributed by atoms with van der Waals surface area (Å²) < 4.78 is 41.3. The molecule has 0 bridgehead atoms. The fourth-order valence-electron chi connectivity index (χ4n) is 4.55. The summed E-state index contributed by atoms with van der Waals surface area (Å²) in [5, 5.41) is 16.5. The van der Waals surface area contributed by atoms with Crippen molar-refractivity contribution < 1.29 is 38.0 Å². The molecule has 7 aromatic rings. The molecule has 0 aliphatic rings. The van der Waals surface area contributed by atoms with Gasteiger partial charge in [-0.25, -0.2) is 0 Å². The summed E-state index contributed by atoms with van der Waals surface area (Å²) >= 11 is 0. The Morgan fingerprint density at radius 1 is 0.812 bits per heavy atom. The first-order chi connectivity index (χ1) is 22.6. The third-order valence-corrected chi connectivity index (χ3v) is 6.68. The molecule has 3 aromatic carbocycles. The van der Waals surface area contributed by atoms with Gasteiger partial charge in [0.15, 0.2) is 5.69 Å². The number of hydrogen-bond donors (Lipinski definition) is 0. The Bertz CT molecular complexity index is 1920. The van der Waals surface area contributed by atoms with Crippen LogP contribution >= 0.6 is 0 Å². The predicted octanol–water partition coefficient (Wildman–Crippen LogP) is 6.81. The third kappa shape index (κ3) is 9.21. The van der Waals surface area contributed by atoms with Crippen molar-refractivity contribution in [2.24, 2.45) is 0 Å². The van der Waals surface area contributed by atoms with E-state index in [2.05, 4.69) is 54.6 Å². The minimum Gasteiger partial charge on any atom is -0.417 e. The van der Waals surface area contributed by atoms with Crippen molar-refractivity contribution in [3.8, 4) is 34.3 Å². The smallest absolute Gasteiger partial charge is 0.416 e. The monoisotopic (exact) mass is 824 g/mol. The first kappa shape index (κ1) is 35.7. The van der Waals surface area contributed by atoms with Crippen molar-refractivity contribution in [1.29, 1.82) is 0 Å². The Balaban J connectivity index is 0.000000168. The van der Waals surface area contributed by atoms with Gasteiger partial charge in [-0.3, -0.25) is 19.4 Å². The second-order valence-electron chi connectivity index (χ2n) is 10.4. The molecule has 0 atom stereocenters. The molecular weight excluding hydrogens is 794 g/mol. The van der Waals surface area contributed by atoms with Gasteiger partial charge in [0, 0.05) is 38.9 Å². The number of nitrogens with zero attached hydrogens (tertiary/aromatic N) is 8. The van der Waals surface area contributed by atoms with E-state index in [9.17, 15) is 13.2 Å². The average Bonchev–Trinajstić information content (AvgIpc) is 3.80. The predicted molar refractivity (Wildman–Crippen MR) is 170 cm³/mol. The van der Waals surface area contributed by atoms with E-state index in [-0.39, 0.29) is 25.9 Å². The van der Waals surface area contributed by atoms with Crippen LogP contribution in [0.1, 0.15) is 28.3 Å². The Kier molecular flexibility index (Phi) is 11.9. The summed E-state index contributed by atoms with van der Waals surface area (Å²) in [5.74, 6) is 0.606. The average molecular weight is 824 g/mol. The molecule has 7 rings (SSSR count). The number of para-hydroxylation sites is 2. The van der Waals surface area contributed by atoms with E-state index in [1.165, 1.54) is 12.1 Å². The second-order valence-corrected chi connectivity index (χ2v) is 10.4. The molecule has 12 heteroatoms. The van der Waals surface area contributed by atoms with E-state index in [4.69, 9.17) is 0 Å². The molecule has 4 heterocycles. The summed E-state index contributed by atoms with van der Waals surface area (Å²) in [4.78, 5) is 8.27. The van der Waals surface area contributed by atoms with E-state index >= 15 is 0 Å². The van der Waals surface area contributed by atoms with Crippen LogP contribution in [0.15, 0.2) is 109 Å². The molecule has 8 nitrogen and oxygen atoms in total. The van der Waals surface area contributed by atoms with Crippen LogP contribution in [0.3, 0.4) is 0 Å². The molecule has 0 saturated carbocycles. The van der Waals surface area contributed by atoms with Crippen molar-refractivity contribution in [1.82, 2.24) is 35.0 Å². The second kappa shape index (κ2) is 16.1. The van der Waals surface area contributed by atoms with Crippen molar-refractivity contribution >= 4 is 0 Å². The van der Waals surface area contributed by atoms with Crippen LogP contribution in [-0.2, 0) is 26.3 Å². The number of hydrogen-bond acceptors (Lipinski definition) is 4. The molecule has 0 fully saturated rings. The van der Waals surface area contributed by atoms with Crippen LogP contribution in [0.2, 0.25) is 0 Å². The quantitative estimate of drug-likeness (QED) is 0.143. The molecule has 0 spiro atoms. The van der Waals surface area contributed by atoms with E-state index in [1.54, 1.807) is 24.4 Å². The van der Waals surface area contributed by atoms with Gasteiger partial charge in [0.05, 0.1) is 28.5 Å². The maximum atomic E-state index is 12.5. The van der Waals surface area contributed by atoms with Gasteiger partial charge in [-0.1, -0.05) is 25.1 Å². The van der Waals surface area contributed by atoms with Gasteiger partial charge in [0.2, 0.25) is 0 Å². The Labute approximate surface area is 290 Å². The number of rotatable bonds is 4. The van der Waals surface area contributed by atoms with Crippen LogP contribution in [-0.4, -0.2) is 24.8 Å². The summed E-state index contributed by atoms with van der Waals surface area (Å²) in [6.45, 7) is 8.07. The van der Waals surface area contributed by atoms with Gasteiger partial charge in [0.1, 0.15) is 0 Å². The minimum atomic E-state index is -4.36. The SMILES string of the molecule is Cc1cc(C)[n+](-c2[c-]cccc2)[n-]1.Cc1cc(C)n(-c2[c-]cccc2)n1.FC(F)(F)c1ccc(-c2n[n-]c(-c3ccccn3)n2)cc1.[Ir]. The van der Waals surface area contributed by atoms with Crippen LogP contribution in [0, 0.1) is 39.8 Å². The molecular formula is C36H30F3IrN8-3. The van der Waals surface area contributed by atoms with Gasteiger partial charge >= 0.3 is 6.18 Å². The Hall–Kier alpha value is -5.19. The standard InChI is InChI=1S/C14H8F3N4.2C11H11N2.Ir/c15-14(16,17)10-6-4-9(5-7-10)12-19-13(21-20-12)11-3-1-2-8-18-11;2*1-9-8-10(2)13(12-9)11-6-4-3-5-7-11;/h1-8H;2*3-6,8H,1-2H3;/q3*-1;. The first-order valence-electron chi connectivity index (χ1n) is 14.6. The molecule has 4 aromatic heterocycles. The molecule has 0 saturated heterocycles. The van der Waals surface area contributed by atoms with Gasteiger partial charge < -0.3 is 15.2 Å². The normalized spacial score (nSPS) is 10.6. The summed E-state index contributed by atoms with van der Waals surface area (Å²) in [6.07, 6.45) is -2.76. The fraction of sp³-hybridized carbons (Fsp3) is 0.139. The van der Waals surface area contributed by atoms with Crippen molar-refractivity contribution in [3.63, 3.8) is 0 Å². The minimum absolute atomic E-state index is 0. The maximum Gasteiger partial charge on any atom is 0.416 e. The Morgan fingerprint density at radius 2 is 1.52 bits per heavy atom. The maximum absolute atomic E-state index is 12.5. The van der Waals surface area contributed by atoms with E-state index < -0.39 is 11.7 Å². The third-order valence-electron chi connectivity index (χ3n) is 6.68. The van der Waals surface area contributed by atoms with Gasteiger partial charge in [-0.2, -0.15) is 60.7 Å². The van der Waals surface area contributed by atoms with Crippen molar-refractivity contribution in [3.05, 3.63) is 150 Å². The molecule has 0 N–H and O–H groups in total. The summed E-state index contributed by atoms with van der Waals surface area (Å²) in [7, 11) is 0. The Morgan fingerprint density at radius 3 is 2.06 bits per heavy atom. The molecule has 1 radical (unpaired) electrons. The number of aryl methyl sites for hydroxylation is 4. The summed E-state index contributed by atoms with van der Waals surface area (Å²) in [5.41, 5.74) is 6.65. The zero-order valence-electron chi connectivity index (χ0n) is 26.4.